The monoisotopic (exact) mass is 200 g/mol. The first kappa shape index (κ1) is 9.71. The summed E-state index contributed by atoms with van der Waals surface area (Å²) in [6.07, 6.45) is -0.989. The lowest BCUT2D eigenvalue weighted by molar-refractivity contribution is 0.0640. The van der Waals surface area contributed by atoms with E-state index in [0.29, 0.717) is 6.33 Å². The van der Waals surface area contributed by atoms with Crippen molar-refractivity contribution in [3.8, 4) is 0 Å². The number of aromatic nitrogens is 2. The molecule has 1 aromatic rings. The van der Waals surface area contributed by atoms with E-state index >= 15 is 0 Å². The van der Waals surface area contributed by atoms with E-state index in [1.54, 1.807) is 0 Å². The summed E-state index contributed by atoms with van der Waals surface area (Å²) in [6, 6.07) is 0. The molecule has 0 unspecified atom stereocenters. The van der Waals surface area contributed by atoms with Crippen molar-refractivity contribution in [3.63, 3.8) is 0 Å². The van der Waals surface area contributed by atoms with Crippen molar-refractivity contribution in [1.29, 1.82) is 0 Å². The van der Waals surface area contributed by atoms with Crippen LogP contribution in [0.15, 0.2) is 6.33 Å². The molecule has 1 rings (SSSR count). The van der Waals surface area contributed by atoms with Crippen LogP contribution in [-0.2, 0) is 0 Å². The highest BCUT2D eigenvalue weighted by Gasteiger charge is 2.25. The van der Waals surface area contributed by atoms with Gasteiger partial charge in [-0.05, 0) is 0 Å². The first-order chi connectivity index (χ1) is 6.45. The average molecular weight is 200 g/mol. The van der Waals surface area contributed by atoms with Gasteiger partial charge in [0.05, 0.1) is 0 Å². The highest BCUT2D eigenvalue weighted by Crippen LogP contribution is 2.07. The fourth-order valence-electron chi connectivity index (χ4n) is 0.854. The molecule has 0 radical (unpaired) electrons. The Morgan fingerprint density at radius 3 is 2.07 bits per heavy atom. The molecule has 0 saturated heterocycles. The molecule has 0 fully saturated rings. The number of imidazole rings is 1. The molecule has 0 bridgehead atoms. The van der Waals surface area contributed by atoms with E-state index in [4.69, 9.17) is 15.3 Å². The Balaban J connectivity index is 3.42. The number of aromatic carboxylic acids is 2. The number of nitrogens with zero attached hydrogens (tertiary/aromatic N) is 2. The van der Waals surface area contributed by atoms with Gasteiger partial charge in [0, 0.05) is 0 Å². The topological polar surface area (TPSA) is 130 Å². The second-order valence-electron chi connectivity index (χ2n) is 2.20. The molecular weight excluding hydrogens is 196 g/mol. The van der Waals surface area contributed by atoms with E-state index in [1.165, 1.54) is 0 Å². The molecule has 0 saturated carbocycles. The highest BCUT2D eigenvalue weighted by molar-refractivity contribution is 6.01. The SMILES string of the molecule is O=C(O)c1ncn(C(=O)O)c1C(=O)O. The minimum atomic E-state index is -1.66. The predicted octanol–water partition coefficient (Wildman–Crippen LogP) is -0.194. The summed E-state index contributed by atoms with van der Waals surface area (Å²) in [5, 5.41) is 25.5. The lowest BCUT2D eigenvalue weighted by atomic mass is 10.3. The van der Waals surface area contributed by atoms with Crippen molar-refractivity contribution in [2.75, 3.05) is 0 Å². The maximum Gasteiger partial charge on any atom is 0.417 e. The first-order valence-electron chi connectivity index (χ1n) is 3.22. The van der Waals surface area contributed by atoms with Crippen molar-refractivity contribution < 1.29 is 29.7 Å². The second kappa shape index (κ2) is 3.17. The molecule has 0 aromatic carbocycles. The normalized spacial score (nSPS) is 9.71. The number of carboxylic acids is 2. The lowest BCUT2D eigenvalue weighted by Gasteiger charge is -1.97. The van der Waals surface area contributed by atoms with Gasteiger partial charge in [-0.15, -0.1) is 0 Å². The number of hydrogen-bond acceptors (Lipinski definition) is 4. The van der Waals surface area contributed by atoms with Gasteiger partial charge >= 0.3 is 18.0 Å². The van der Waals surface area contributed by atoms with Crippen LogP contribution < -0.4 is 0 Å². The maximum atomic E-state index is 10.5. The van der Waals surface area contributed by atoms with E-state index in [9.17, 15) is 14.4 Å². The fourth-order valence-corrected chi connectivity index (χ4v) is 0.854. The van der Waals surface area contributed by atoms with Gasteiger partial charge in [0.25, 0.3) is 0 Å². The van der Waals surface area contributed by atoms with Crippen LogP contribution in [-0.4, -0.2) is 42.9 Å². The van der Waals surface area contributed by atoms with Crippen LogP contribution in [0, 0.1) is 0 Å². The smallest absolute Gasteiger partial charge is 0.417 e. The Hall–Kier alpha value is -2.38. The average Bonchev–Trinajstić information content (AvgIpc) is 2.46. The van der Waals surface area contributed by atoms with Crippen LogP contribution in [0.1, 0.15) is 21.0 Å². The number of hydrogen-bond donors (Lipinski definition) is 3. The Kier molecular flexibility index (Phi) is 2.19. The molecule has 74 valence electrons. The predicted molar refractivity (Wildman–Crippen MR) is 39.6 cm³/mol. The summed E-state index contributed by atoms with van der Waals surface area (Å²) in [4.78, 5) is 34.5. The first-order valence-corrected chi connectivity index (χ1v) is 3.22. The van der Waals surface area contributed by atoms with Gasteiger partial charge < -0.3 is 15.3 Å². The maximum absolute atomic E-state index is 10.5. The minimum Gasteiger partial charge on any atom is -0.476 e. The standard InChI is InChI=1S/C6H4N2O6/c9-4(10)2-3(5(11)12)8(1-7-2)6(13)14/h1H,(H,9,10)(H,11,12)(H,13,14). The molecule has 0 amide bonds. The van der Waals surface area contributed by atoms with E-state index in [-0.39, 0.29) is 4.57 Å². The molecule has 0 aliphatic rings. The summed E-state index contributed by atoms with van der Waals surface area (Å²) >= 11 is 0. The zero-order chi connectivity index (χ0) is 10.9. The van der Waals surface area contributed by atoms with E-state index in [1.807, 2.05) is 0 Å². The molecule has 3 N–H and O–H groups in total. The summed E-state index contributed by atoms with van der Waals surface area (Å²) in [6.45, 7) is 0. The molecule has 0 spiro atoms. The summed E-state index contributed by atoms with van der Waals surface area (Å²) < 4.78 is 0.228. The largest absolute Gasteiger partial charge is 0.476 e. The van der Waals surface area contributed by atoms with Crippen molar-refractivity contribution in [1.82, 2.24) is 9.55 Å². The molecule has 0 atom stereocenters. The fraction of sp³-hybridized carbons (Fsp3) is 0. The van der Waals surface area contributed by atoms with Crippen molar-refractivity contribution in [3.05, 3.63) is 17.7 Å². The van der Waals surface area contributed by atoms with Crippen molar-refractivity contribution in [2.45, 2.75) is 0 Å². The summed E-state index contributed by atoms with van der Waals surface area (Å²) in [5.74, 6) is -3.26. The van der Waals surface area contributed by atoms with Gasteiger partial charge in [-0.25, -0.2) is 23.9 Å². The Morgan fingerprint density at radius 2 is 1.71 bits per heavy atom. The van der Waals surface area contributed by atoms with Gasteiger partial charge in [0.1, 0.15) is 6.33 Å². The zero-order valence-corrected chi connectivity index (χ0v) is 6.54. The van der Waals surface area contributed by atoms with Crippen LogP contribution >= 0.6 is 0 Å². The Morgan fingerprint density at radius 1 is 1.14 bits per heavy atom. The van der Waals surface area contributed by atoms with Gasteiger partial charge in [-0.3, -0.25) is 0 Å². The summed E-state index contributed by atoms with van der Waals surface area (Å²) in [5.41, 5.74) is -1.69. The Labute approximate surface area is 76.0 Å². The van der Waals surface area contributed by atoms with Crippen molar-refractivity contribution in [2.24, 2.45) is 0 Å². The number of carboxylic acid groups (broad SMARTS) is 3. The summed E-state index contributed by atoms with van der Waals surface area (Å²) in [7, 11) is 0. The van der Waals surface area contributed by atoms with Crippen LogP contribution in [0.2, 0.25) is 0 Å². The van der Waals surface area contributed by atoms with Gasteiger partial charge in [0.2, 0.25) is 0 Å². The molecule has 14 heavy (non-hydrogen) atoms. The molecule has 0 aliphatic carbocycles. The Bertz CT molecular complexity index is 388. The number of rotatable bonds is 2. The van der Waals surface area contributed by atoms with Gasteiger partial charge in [-0.1, -0.05) is 0 Å². The molecular formula is C6H4N2O6. The number of carbonyl (C=O) groups is 3. The lowest BCUT2D eigenvalue weighted by Crippen LogP contribution is -2.17. The van der Waals surface area contributed by atoms with Crippen molar-refractivity contribution >= 4 is 18.0 Å². The molecule has 8 heteroatoms. The van der Waals surface area contributed by atoms with Crippen LogP contribution in [0.5, 0.6) is 0 Å². The molecule has 1 aromatic heterocycles. The third-order valence-corrected chi connectivity index (χ3v) is 1.38. The van der Waals surface area contributed by atoms with Gasteiger partial charge in [0.15, 0.2) is 11.4 Å². The van der Waals surface area contributed by atoms with E-state index in [0.717, 1.165) is 0 Å². The third-order valence-electron chi connectivity index (χ3n) is 1.38. The van der Waals surface area contributed by atoms with E-state index in [2.05, 4.69) is 4.98 Å². The van der Waals surface area contributed by atoms with Crippen LogP contribution in [0.3, 0.4) is 0 Å². The quantitative estimate of drug-likeness (QED) is 0.602. The van der Waals surface area contributed by atoms with Crippen LogP contribution in [0.4, 0.5) is 4.79 Å². The highest BCUT2D eigenvalue weighted by atomic mass is 16.4. The van der Waals surface area contributed by atoms with E-state index < -0.39 is 29.4 Å². The van der Waals surface area contributed by atoms with Crippen LogP contribution in [0.25, 0.3) is 0 Å². The second-order valence-corrected chi connectivity index (χ2v) is 2.20. The molecule has 1 heterocycles. The molecule has 8 nitrogen and oxygen atoms in total. The third kappa shape index (κ3) is 1.40. The zero-order valence-electron chi connectivity index (χ0n) is 6.54. The molecule has 0 aliphatic heterocycles. The minimum absolute atomic E-state index is 0.228. The van der Waals surface area contributed by atoms with Gasteiger partial charge in [-0.2, -0.15) is 0 Å².